The largest absolute Gasteiger partial charge is 0.386 e. The van der Waals surface area contributed by atoms with Gasteiger partial charge in [-0.1, -0.05) is 18.2 Å². The fraction of sp³-hybridized carbons (Fsp3) is 0.417. The molecule has 3 aromatic rings. The summed E-state index contributed by atoms with van der Waals surface area (Å²) >= 11 is 0. The van der Waals surface area contributed by atoms with E-state index in [-0.39, 0.29) is 23.7 Å². The van der Waals surface area contributed by atoms with Gasteiger partial charge in [-0.15, -0.1) is 0 Å². The Morgan fingerprint density at radius 1 is 1.27 bits per heavy atom. The Labute approximate surface area is 175 Å². The third-order valence-corrected chi connectivity index (χ3v) is 6.14. The van der Waals surface area contributed by atoms with E-state index in [1.165, 1.54) is 6.07 Å². The van der Waals surface area contributed by atoms with Crippen LogP contribution in [0.3, 0.4) is 0 Å². The van der Waals surface area contributed by atoms with Crippen molar-refractivity contribution in [2.24, 2.45) is 0 Å². The second-order valence-electron chi connectivity index (χ2n) is 9.20. The number of hydrogen-bond donors (Lipinski definition) is 2. The summed E-state index contributed by atoms with van der Waals surface area (Å²) in [6, 6.07) is 10.6. The minimum Gasteiger partial charge on any atom is -0.386 e. The highest BCUT2D eigenvalue weighted by atomic mass is 19.1. The molecule has 6 heteroatoms. The number of rotatable bonds is 5. The van der Waals surface area contributed by atoms with Crippen LogP contribution < -0.4 is 5.32 Å². The van der Waals surface area contributed by atoms with Gasteiger partial charge in [0.15, 0.2) is 0 Å². The summed E-state index contributed by atoms with van der Waals surface area (Å²) in [5, 5.41) is 13.3. The van der Waals surface area contributed by atoms with Crippen molar-refractivity contribution in [1.82, 2.24) is 9.55 Å². The Morgan fingerprint density at radius 3 is 2.60 bits per heavy atom. The predicted molar refractivity (Wildman–Crippen MR) is 116 cm³/mol. The molecule has 1 heterocycles. The first kappa shape index (κ1) is 20.5. The molecule has 0 saturated heterocycles. The van der Waals surface area contributed by atoms with Crippen molar-refractivity contribution in [1.29, 1.82) is 0 Å². The molecule has 0 radical (unpaired) electrons. The van der Waals surface area contributed by atoms with Gasteiger partial charge in [0.05, 0.1) is 23.1 Å². The molecule has 1 aliphatic carbocycles. The fourth-order valence-corrected chi connectivity index (χ4v) is 4.14. The topological polar surface area (TPSA) is 67.2 Å². The zero-order valence-electron chi connectivity index (χ0n) is 17.9. The molecule has 1 saturated carbocycles. The molecule has 0 atom stereocenters. The van der Waals surface area contributed by atoms with E-state index in [0.29, 0.717) is 11.5 Å². The first-order valence-corrected chi connectivity index (χ1v) is 10.4. The molecule has 4 rings (SSSR count). The van der Waals surface area contributed by atoms with E-state index in [0.717, 1.165) is 41.4 Å². The molecule has 0 bridgehead atoms. The molecule has 1 aliphatic rings. The number of anilines is 1. The predicted octanol–water partition coefficient (Wildman–Crippen LogP) is 4.79. The van der Waals surface area contributed by atoms with E-state index in [9.17, 15) is 14.3 Å². The molecule has 0 aliphatic heterocycles. The van der Waals surface area contributed by atoms with Gasteiger partial charge in [0.1, 0.15) is 5.82 Å². The van der Waals surface area contributed by atoms with Crippen molar-refractivity contribution in [3.05, 3.63) is 58.9 Å². The number of benzene rings is 2. The highest BCUT2D eigenvalue weighted by molar-refractivity contribution is 5.93. The summed E-state index contributed by atoms with van der Waals surface area (Å²) in [5.41, 5.74) is 2.49. The van der Waals surface area contributed by atoms with Crippen LogP contribution in [0.2, 0.25) is 0 Å². The van der Waals surface area contributed by atoms with Gasteiger partial charge in [-0.05, 0) is 81.8 Å². The quantitative estimate of drug-likeness (QED) is 0.637. The molecule has 30 heavy (non-hydrogen) atoms. The number of fused-ring (bicyclic) bond motifs is 1. The summed E-state index contributed by atoms with van der Waals surface area (Å²) in [6.45, 7) is 7.47. The van der Waals surface area contributed by atoms with Gasteiger partial charge in [0, 0.05) is 5.54 Å². The monoisotopic (exact) mass is 409 g/mol. The van der Waals surface area contributed by atoms with Crippen LogP contribution in [0.4, 0.5) is 10.3 Å². The Hall–Kier alpha value is -2.73. The van der Waals surface area contributed by atoms with E-state index < -0.39 is 5.60 Å². The second-order valence-corrected chi connectivity index (χ2v) is 9.20. The number of nitrogens with zero attached hydrogens (tertiary/aromatic N) is 2. The average molecular weight is 410 g/mol. The summed E-state index contributed by atoms with van der Waals surface area (Å²) in [5.74, 6) is -0.211. The van der Waals surface area contributed by atoms with Gasteiger partial charge in [0.25, 0.3) is 0 Å². The van der Waals surface area contributed by atoms with Crippen LogP contribution in [-0.4, -0.2) is 20.6 Å². The number of imidazole rings is 1. The van der Waals surface area contributed by atoms with Crippen molar-refractivity contribution in [2.75, 3.05) is 5.32 Å². The first-order valence-electron chi connectivity index (χ1n) is 10.4. The highest BCUT2D eigenvalue weighted by Crippen LogP contribution is 2.43. The third kappa shape index (κ3) is 3.72. The number of carbonyl (C=O) groups is 1. The lowest BCUT2D eigenvalue weighted by Gasteiger charge is -2.41. The van der Waals surface area contributed by atoms with Gasteiger partial charge < -0.3 is 9.67 Å². The maximum absolute atomic E-state index is 14.2. The number of amides is 1. The molecule has 1 aromatic heterocycles. The lowest BCUT2D eigenvalue weighted by atomic mass is 9.78. The van der Waals surface area contributed by atoms with Crippen molar-refractivity contribution in [2.45, 2.75) is 64.5 Å². The molecule has 1 amide bonds. The highest BCUT2D eigenvalue weighted by Gasteiger charge is 2.37. The second kappa shape index (κ2) is 7.20. The molecular formula is C24H28FN3O2. The molecule has 1 fully saturated rings. The SMILES string of the molecule is Cc1ccc(CC(=O)Nc2nc3ccc(C(C)(C)O)cc3n2C2(C)CCC2)c(F)c1. The standard InChI is InChI=1S/C24H28FN3O2/c1-15-6-7-16(18(25)12-15)13-21(29)27-22-26-19-9-8-17(23(2,3)30)14-20(19)28(22)24(4)10-5-11-24/h6-9,12,14,30H,5,10-11,13H2,1-4H3,(H,26,27,29). The zero-order chi connectivity index (χ0) is 21.7. The van der Waals surface area contributed by atoms with E-state index >= 15 is 0 Å². The molecule has 0 spiro atoms. The zero-order valence-corrected chi connectivity index (χ0v) is 17.9. The van der Waals surface area contributed by atoms with Crippen LogP contribution in [0.25, 0.3) is 11.0 Å². The smallest absolute Gasteiger partial charge is 0.231 e. The molecular weight excluding hydrogens is 381 g/mol. The van der Waals surface area contributed by atoms with Crippen LogP contribution in [0.15, 0.2) is 36.4 Å². The number of aromatic nitrogens is 2. The molecule has 2 N–H and O–H groups in total. The molecule has 0 unspecified atom stereocenters. The van der Waals surface area contributed by atoms with Crippen molar-refractivity contribution in [3.63, 3.8) is 0 Å². The summed E-state index contributed by atoms with van der Waals surface area (Å²) in [7, 11) is 0. The Kier molecular flexibility index (Phi) is 4.93. The lowest BCUT2D eigenvalue weighted by molar-refractivity contribution is -0.115. The number of nitrogens with one attached hydrogen (secondary N) is 1. The molecule has 158 valence electrons. The van der Waals surface area contributed by atoms with Crippen LogP contribution in [0.1, 0.15) is 56.7 Å². The summed E-state index contributed by atoms with van der Waals surface area (Å²) < 4.78 is 16.3. The Morgan fingerprint density at radius 2 is 2.00 bits per heavy atom. The minimum atomic E-state index is -0.976. The fourth-order valence-electron chi connectivity index (χ4n) is 4.14. The minimum absolute atomic E-state index is 0.0546. The number of halogens is 1. The molecule has 5 nitrogen and oxygen atoms in total. The summed E-state index contributed by atoms with van der Waals surface area (Å²) in [4.78, 5) is 17.4. The van der Waals surface area contributed by atoms with E-state index in [4.69, 9.17) is 0 Å². The van der Waals surface area contributed by atoms with Crippen LogP contribution in [0.5, 0.6) is 0 Å². The Bertz CT molecular complexity index is 1120. The van der Waals surface area contributed by atoms with Gasteiger partial charge in [0.2, 0.25) is 11.9 Å². The van der Waals surface area contributed by atoms with Gasteiger partial charge in [-0.3, -0.25) is 10.1 Å². The van der Waals surface area contributed by atoms with Crippen molar-refractivity contribution in [3.8, 4) is 0 Å². The maximum atomic E-state index is 14.2. The van der Waals surface area contributed by atoms with Crippen LogP contribution >= 0.6 is 0 Å². The normalized spacial score (nSPS) is 15.8. The van der Waals surface area contributed by atoms with Gasteiger partial charge in [-0.2, -0.15) is 0 Å². The number of hydrogen-bond acceptors (Lipinski definition) is 3. The van der Waals surface area contributed by atoms with Gasteiger partial charge >= 0.3 is 0 Å². The molecule has 2 aromatic carbocycles. The average Bonchev–Trinajstić information content (AvgIpc) is 2.98. The summed E-state index contributed by atoms with van der Waals surface area (Å²) in [6.07, 6.45) is 3.03. The number of aryl methyl sites for hydroxylation is 1. The number of aliphatic hydroxyl groups is 1. The van der Waals surface area contributed by atoms with E-state index in [2.05, 4.69) is 21.8 Å². The number of carbonyl (C=O) groups excluding carboxylic acids is 1. The van der Waals surface area contributed by atoms with Gasteiger partial charge in [-0.25, -0.2) is 9.37 Å². The van der Waals surface area contributed by atoms with Crippen molar-refractivity contribution < 1.29 is 14.3 Å². The van der Waals surface area contributed by atoms with Crippen molar-refractivity contribution >= 4 is 22.9 Å². The third-order valence-electron chi connectivity index (χ3n) is 6.14. The Balaban J connectivity index is 1.71. The lowest BCUT2D eigenvalue weighted by Crippen LogP contribution is -2.38. The van der Waals surface area contributed by atoms with Crippen LogP contribution in [0, 0.1) is 12.7 Å². The maximum Gasteiger partial charge on any atom is 0.231 e. The van der Waals surface area contributed by atoms with E-state index in [1.54, 1.807) is 26.0 Å². The first-order chi connectivity index (χ1) is 14.1. The van der Waals surface area contributed by atoms with E-state index in [1.807, 2.05) is 25.1 Å². The van der Waals surface area contributed by atoms with Crippen LogP contribution in [-0.2, 0) is 22.4 Å².